The number of carboxylic acid groups (broad SMARTS) is 2. The van der Waals surface area contributed by atoms with Gasteiger partial charge in [-0.3, -0.25) is 4.79 Å². The van der Waals surface area contributed by atoms with E-state index in [0.29, 0.717) is 0 Å². The third kappa shape index (κ3) is 29.0. The summed E-state index contributed by atoms with van der Waals surface area (Å²) in [6.45, 7) is 6.08. The Kier molecular flexibility index (Phi) is 29.0. The molecule has 6 heteroatoms. The van der Waals surface area contributed by atoms with Gasteiger partial charge in [-0.15, -0.1) is 0 Å². The number of carboxylic acids is 2. The Bertz CT molecular complexity index is 432. The van der Waals surface area contributed by atoms with Gasteiger partial charge < -0.3 is 15.5 Å². The number of hydrogen-bond donors (Lipinski definition) is 3. The number of thioether (sulfide) groups is 1. The van der Waals surface area contributed by atoms with Crippen molar-refractivity contribution in [2.24, 2.45) is 0 Å². The van der Waals surface area contributed by atoms with Crippen LogP contribution in [0, 0.1) is 0 Å². The zero-order chi connectivity index (χ0) is 24.3. The molecular formula is C26H51NO4S. The van der Waals surface area contributed by atoms with Gasteiger partial charge in [0.05, 0.1) is 0 Å². The molecule has 0 saturated carbocycles. The Morgan fingerprint density at radius 2 is 1.19 bits per heavy atom. The van der Waals surface area contributed by atoms with Gasteiger partial charge in [0.1, 0.15) is 6.04 Å². The summed E-state index contributed by atoms with van der Waals surface area (Å²) >= 11 is 1.71. The first-order chi connectivity index (χ1) is 15.5. The molecule has 5 nitrogen and oxygen atoms in total. The maximum atomic E-state index is 11.1. The lowest BCUT2D eigenvalue weighted by Crippen LogP contribution is -2.37. The summed E-state index contributed by atoms with van der Waals surface area (Å²) in [6, 6.07) is -0.367. The van der Waals surface area contributed by atoms with Gasteiger partial charge >= 0.3 is 11.9 Å². The molecule has 0 unspecified atom stereocenters. The first-order valence-corrected chi connectivity index (χ1v) is 14.2. The molecule has 0 aliphatic rings. The zero-order valence-corrected chi connectivity index (χ0v) is 21.7. The minimum atomic E-state index is -0.981. The van der Waals surface area contributed by atoms with Crippen LogP contribution in [0.5, 0.6) is 0 Å². The lowest BCUT2D eigenvalue weighted by molar-refractivity contribution is -0.139. The van der Waals surface area contributed by atoms with E-state index < -0.39 is 11.9 Å². The molecule has 0 aromatic heterocycles. The van der Waals surface area contributed by atoms with Crippen LogP contribution in [0.3, 0.4) is 0 Å². The van der Waals surface area contributed by atoms with Crippen LogP contribution in [-0.2, 0) is 9.59 Å². The maximum absolute atomic E-state index is 11.1. The standard InChI is InChI=1S/C23H47NO2S.C3H4O2/c1-3-4-5-6-7-8-9-10-11-12-13-14-15-16-17-18-20-24-22(23(25)26)19-21-27-2;1-2-3(4)5/h22,24H,3-21H2,1-2H3,(H,25,26);2H,1H2,(H,4,5)/t22-;/m0./s1. The summed E-state index contributed by atoms with van der Waals surface area (Å²) < 4.78 is 0. The Hall–Kier alpha value is -1.01. The highest BCUT2D eigenvalue weighted by Crippen LogP contribution is 2.13. The number of aliphatic carboxylic acids is 2. The van der Waals surface area contributed by atoms with Crippen LogP contribution in [0.1, 0.15) is 116 Å². The molecule has 0 fully saturated rings. The molecule has 0 aliphatic carbocycles. The molecule has 0 rings (SSSR count). The molecule has 0 amide bonds. The van der Waals surface area contributed by atoms with E-state index in [1.807, 2.05) is 6.26 Å². The van der Waals surface area contributed by atoms with Gasteiger partial charge in [-0.2, -0.15) is 11.8 Å². The number of unbranched alkanes of at least 4 members (excludes halogenated alkanes) is 15. The number of carbonyl (C=O) groups is 2. The van der Waals surface area contributed by atoms with Crippen molar-refractivity contribution in [3.8, 4) is 0 Å². The van der Waals surface area contributed by atoms with Gasteiger partial charge in [0, 0.05) is 6.08 Å². The smallest absolute Gasteiger partial charge is 0.327 e. The fraction of sp³-hybridized carbons (Fsp3) is 0.846. The van der Waals surface area contributed by atoms with Crippen LogP contribution in [0.25, 0.3) is 0 Å². The minimum absolute atomic E-state index is 0.367. The van der Waals surface area contributed by atoms with Crippen molar-refractivity contribution in [3.63, 3.8) is 0 Å². The van der Waals surface area contributed by atoms with Crippen molar-refractivity contribution in [2.75, 3.05) is 18.6 Å². The highest BCUT2D eigenvalue weighted by molar-refractivity contribution is 7.98. The monoisotopic (exact) mass is 473 g/mol. The molecule has 0 aromatic rings. The van der Waals surface area contributed by atoms with E-state index in [1.165, 1.54) is 96.3 Å². The predicted octanol–water partition coefficient (Wildman–Crippen LogP) is 7.30. The molecule has 1 atom stereocenters. The fourth-order valence-corrected chi connectivity index (χ4v) is 3.97. The first kappa shape index (κ1) is 33.2. The Balaban J connectivity index is 0. The van der Waals surface area contributed by atoms with E-state index >= 15 is 0 Å². The largest absolute Gasteiger partial charge is 0.480 e. The normalized spacial score (nSPS) is 11.4. The summed E-state index contributed by atoms with van der Waals surface area (Å²) in [5.41, 5.74) is 0. The van der Waals surface area contributed by atoms with Crippen molar-refractivity contribution in [1.29, 1.82) is 0 Å². The van der Waals surface area contributed by atoms with Crippen molar-refractivity contribution < 1.29 is 19.8 Å². The summed E-state index contributed by atoms with van der Waals surface area (Å²) in [6.07, 6.45) is 25.5. The van der Waals surface area contributed by atoms with Gasteiger partial charge in [0.15, 0.2) is 0 Å². The van der Waals surface area contributed by atoms with Gasteiger partial charge in [-0.25, -0.2) is 4.79 Å². The first-order valence-electron chi connectivity index (χ1n) is 12.8. The van der Waals surface area contributed by atoms with Crippen LogP contribution in [-0.4, -0.2) is 46.7 Å². The summed E-state index contributed by atoms with van der Waals surface area (Å²) in [5, 5.41) is 20.0. The zero-order valence-electron chi connectivity index (χ0n) is 20.9. The van der Waals surface area contributed by atoms with E-state index in [2.05, 4.69) is 18.8 Å². The predicted molar refractivity (Wildman–Crippen MR) is 140 cm³/mol. The molecule has 0 radical (unpaired) electrons. The molecule has 0 bridgehead atoms. The van der Waals surface area contributed by atoms with Gasteiger partial charge in [0.25, 0.3) is 0 Å². The van der Waals surface area contributed by atoms with Crippen LogP contribution < -0.4 is 5.32 Å². The Labute approximate surface area is 202 Å². The van der Waals surface area contributed by atoms with Crippen molar-refractivity contribution >= 4 is 23.7 Å². The average molecular weight is 474 g/mol. The second kappa shape index (κ2) is 28.0. The van der Waals surface area contributed by atoms with Crippen LogP contribution >= 0.6 is 11.8 Å². The molecule has 0 aromatic carbocycles. The Morgan fingerprint density at radius 1 is 0.812 bits per heavy atom. The van der Waals surface area contributed by atoms with Gasteiger partial charge in [-0.1, -0.05) is 110 Å². The molecular weight excluding hydrogens is 422 g/mol. The number of rotatable bonds is 23. The van der Waals surface area contributed by atoms with Gasteiger partial charge in [-0.05, 0) is 31.4 Å². The summed E-state index contributed by atoms with van der Waals surface area (Å²) in [7, 11) is 0. The van der Waals surface area contributed by atoms with Crippen LogP contribution in [0.2, 0.25) is 0 Å². The van der Waals surface area contributed by atoms with Crippen molar-refractivity contribution in [2.45, 2.75) is 122 Å². The average Bonchev–Trinajstić information content (AvgIpc) is 2.78. The number of hydrogen-bond acceptors (Lipinski definition) is 4. The van der Waals surface area contributed by atoms with E-state index in [-0.39, 0.29) is 6.04 Å². The van der Waals surface area contributed by atoms with E-state index in [4.69, 9.17) is 10.2 Å². The minimum Gasteiger partial charge on any atom is -0.480 e. The topological polar surface area (TPSA) is 86.6 Å². The molecule has 3 N–H and O–H groups in total. The molecule has 32 heavy (non-hydrogen) atoms. The quantitative estimate of drug-likeness (QED) is 0.107. The van der Waals surface area contributed by atoms with E-state index in [1.54, 1.807) is 11.8 Å². The van der Waals surface area contributed by atoms with E-state index in [0.717, 1.165) is 31.2 Å². The second-order valence-corrected chi connectivity index (χ2v) is 9.46. The molecule has 190 valence electrons. The lowest BCUT2D eigenvalue weighted by atomic mass is 10.0. The third-order valence-electron chi connectivity index (χ3n) is 5.50. The summed E-state index contributed by atoms with van der Waals surface area (Å²) in [4.78, 5) is 20.4. The second-order valence-electron chi connectivity index (χ2n) is 8.47. The molecule has 0 heterocycles. The van der Waals surface area contributed by atoms with Crippen LogP contribution in [0.15, 0.2) is 12.7 Å². The summed E-state index contributed by atoms with van der Waals surface area (Å²) in [5.74, 6) is -0.784. The molecule has 0 aliphatic heterocycles. The molecule has 0 spiro atoms. The fourth-order valence-electron chi connectivity index (χ4n) is 3.50. The number of nitrogens with one attached hydrogen (secondary N) is 1. The third-order valence-corrected chi connectivity index (χ3v) is 6.15. The van der Waals surface area contributed by atoms with E-state index in [9.17, 15) is 9.59 Å². The lowest BCUT2D eigenvalue weighted by Gasteiger charge is -2.13. The highest BCUT2D eigenvalue weighted by atomic mass is 32.2. The highest BCUT2D eigenvalue weighted by Gasteiger charge is 2.15. The SMILES string of the molecule is C=CC(=O)O.CCCCCCCCCCCCCCCCCCN[C@@H](CCSC)C(=O)O. The molecule has 0 saturated heterocycles. The Morgan fingerprint density at radius 3 is 1.50 bits per heavy atom. The van der Waals surface area contributed by atoms with Gasteiger partial charge in [0.2, 0.25) is 0 Å². The maximum Gasteiger partial charge on any atom is 0.327 e. The van der Waals surface area contributed by atoms with Crippen LogP contribution in [0.4, 0.5) is 0 Å². The van der Waals surface area contributed by atoms with Crippen molar-refractivity contribution in [3.05, 3.63) is 12.7 Å². The van der Waals surface area contributed by atoms with Crippen molar-refractivity contribution in [1.82, 2.24) is 5.32 Å².